The van der Waals surface area contributed by atoms with Gasteiger partial charge in [0.05, 0.1) is 5.69 Å². The summed E-state index contributed by atoms with van der Waals surface area (Å²) in [6.07, 6.45) is 0. The number of halogens is 1. The van der Waals surface area contributed by atoms with Gasteiger partial charge in [-0.15, -0.1) is 5.10 Å². The zero-order valence-corrected chi connectivity index (χ0v) is 12.9. The molecule has 6 heteroatoms. The summed E-state index contributed by atoms with van der Waals surface area (Å²) in [6, 6.07) is 15.7. The summed E-state index contributed by atoms with van der Waals surface area (Å²) in [7, 11) is 0. The lowest BCUT2D eigenvalue weighted by Crippen LogP contribution is -2.11. The number of amides is 1. The average molecular weight is 323 g/mol. The molecule has 1 aromatic heterocycles. The lowest BCUT2D eigenvalue weighted by atomic mass is 10.2. The minimum absolute atomic E-state index is 0.318. The van der Waals surface area contributed by atoms with Crippen LogP contribution < -0.4 is 10.1 Å². The summed E-state index contributed by atoms with van der Waals surface area (Å²) >= 11 is 0. The van der Waals surface area contributed by atoms with Crippen LogP contribution in [0.5, 0.6) is 11.6 Å². The van der Waals surface area contributed by atoms with Crippen molar-refractivity contribution in [1.29, 1.82) is 0 Å². The number of ether oxygens (including phenoxy) is 1. The lowest BCUT2D eigenvalue weighted by Gasteiger charge is -2.08. The highest BCUT2D eigenvalue weighted by atomic mass is 19.1. The Morgan fingerprint density at radius 2 is 1.83 bits per heavy atom. The van der Waals surface area contributed by atoms with Gasteiger partial charge in [0, 0.05) is 17.3 Å². The second-order valence-corrected chi connectivity index (χ2v) is 5.10. The highest BCUT2D eigenvalue weighted by Gasteiger charge is 2.08. The molecule has 1 heterocycles. The van der Waals surface area contributed by atoms with E-state index in [0.717, 1.165) is 5.69 Å². The van der Waals surface area contributed by atoms with Gasteiger partial charge in [-0.2, -0.15) is 5.10 Å². The van der Waals surface area contributed by atoms with Crippen LogP contribution in [0.3, 0.4) is 0 Å². The lowest BCUT2D eigenvalue weighted by molar-refractivity contribution is 0.102. The van der Waals surface area contributed by atoms with E-state index in [1.807, 2.05) is 6.92 Å². The number of hydrogen-bond acceptors (Lipinski definition) is 4. The Hall–Kier alpha value is -3.28. The second-order valence-electron chi connectivity index (χ2n) is 5.10. The maximum Gasteiger partial charge on any atom is 0.255 e. The molecule has 0 radical (unpaired) electrons. The summed E-state index contributed by atoms with van der Waals surface area (Å²) in [5, 5.41) is 10.5. The van der Waals surface area contributed by atoms with Crippen molar-refractivity contribution in [1.82, 2.24) is 10.2 Å². The molecule has 1 amide bonds. The normalized spacial score (nSPS) is 10.2. The fourth-order valence-electron chi connectivity index (χ4n) is 2.00. The van der Waals surface area contributed by atoms with Gasteiger partial charge in [-0.1, -0.05) is 6.07 Å². The molecule has 0 saturated carbocycles. The van der Waals surface area contributed by atoms with Crippen molar-refractivity contribution < 1.29 is 13.9 Å². The number of benzene rings is 2. The number of carbonyl (C=O) groups is 1. The van der Waals surface area contributed by atoms with Crippen molar-refractivity contribution in [2.24, 2.45) is 0 Å². The van der Waals surface area contributed by atoms with E-state index in [4.69, 9.17) is 4.74 Å². The van der Waals surface area contributed by atoms with E-state index in [1.54, 1.807) is 36.4 Å². The van der Waals surface area contributed by atoms with Crippen molar-refractivity contribution in [3.8, 4) is 11.6 Å². The third-order valence-electron chi connectivity index (χ3n) is 3.19. The molecule has 3 rings (SSSR count). The first-order valence-corrected chi connectivity index (χ1v) is 7.25. The third-order valence-corrected chi connectivity index (χ3v) is 3.19. The fraction of sp³-hybridized carbons (Fsp3) is 0.0556. The first kappa shape index (κ1) is 15.6. The first-order valence-electron chi connectivity index (χ1n) is 7.25. The summed E-state index contributed by atoms with van der Waals surface area (Å²) in [5.41, 5.74) is 1.71. The number of rotatable bonds is 4. The highest BCUT2D eigenvalue weighted by Crippen LogP contribution is 2.20. The molecular weight excluding hydrogens is 309 g/mol. The van der Waals surface area contributed by atoms with E-state index < -0.39 is 0 Å². The number of nitrogens with one attached hydrogen (secondary N) is 1. The Labute approximate surface area is 138 Å². The number of nitrogens with zero attached hydrogens (tertiary/aromatic N) is 2. The van der Waals surface area contributed by atoms with E-state index >= 15 is 0 Å². The standard InChI is InChI=1S/C18H14FN3O2/c1-12-5-10-17(22-21-12)24-16-4-2-3-13(11-16)18(23)20-15-8-6-14(19)7-9-15/h2-11H,1H3,(H,20,23). The fourth-order valence-corrected chi connectivity index (χ4v) is 2.00. The van der Waals surface area contributed by atoms with E-state index in [-0.39, 0.29) is 11.7 Å². The van der Waals surface area contributed by atoms with Crippen LogP contribution in [0.2, 0.25) is 0 Å². The van der Waals surface area contributed by atoms with Crippen LogP contribution in [-0.2, 0) is 0 Å². The van der Waals surface area contributed by atoms with Crippen molar-refractivity contribution in [3.63, 3.8) is 0 Å². The molecule has 0 aliphatic heterocycles. The Balaban J connectivity index is 1.73. The SMILES string of the molecule is Cc1ccc(Oc2cccc(C(=O)Nc3ccc(F)cc3)c2)nn1. The quantitative estimate of drug-likeness (QED) is 0.789. The Bertz CT molecular complexity index is 849. The second kappa shape index (κ2) is 6.87. The minimum Gasteiger partial charge on any atom is -0.438 e. The van der Waals surface area contributed by atoms with Crippen LogP contribution in [0.15, 0.2) is 60.7 Å². The van der Waals surface area contributed by atoms with Gasteiger partial charge in [0.25, 0.3) is 5.91 Å². The molecule has 120 valence electrons. The summed E-state index contributed by atoms with van der Waals surface area (Å²) < 4.78 is 18.5. The molecule has 1 N–H and O–H groups in total. The van der Waals surface area contributed by atoms with Gasteiger partial charge in [0.2, 0.25) is 5.88 Å². The molecule has 0 atom stereocenters. The first-order chi connectivity index (χ1) is 11.6. The molecule has 0 aliphatic carbocycles. The third kappa shape index (κ3) is 3.92. The van der Waals surface area contributed by atoms with Crippen LogP contribution in [0.4, 0.5) is 10.1 Å². The van der Waals surface area contributed by atoms with Gasteiger partial charge < -0.3 is 10.1 Å². The largest absolute Gasteiger partial charge is 0.438 e. The van der Waals surface area contributed by atoms with Crippen LogP contribution >= 0.6 is 0 Å². The molecule has 3 aromatic rings. The number of aromatic nitrogens is 2. The molecule has 0 unspecified atom stereocenters. The van der Waals surface area contributed by atoms with Crippen LogP contribution in [0, 0.1) is 12.7 Å². The maximum absolute atomic E-state index is 12.9. The number of carbonyl (C=O) groups excluding carboxylic acids is 1. The molecule has 0 spiro atoms. The zero-order chi connectivity index (χ0) is 16.9. The van der Waals surface area contributed by atoms with Crippen molar-refractivity contribution in [3.05, 3.63) is 77.7 Å². The topological polar surface area (TPSA) is 64.1 Å². The molecule has 0 aliphatic rings. The summed E-state index contributed by atoms with van der Waals surface area (Å²) in [6.45, 7) is 1.83. The van der Waals surface area contributed by atoms with Crippen molar-refractivity contribution in [2.45, 2.75) is 6.92 Å². The van der Waals surface area contributed by atoms with Gasteiger partial charge in [0.1, 0.15) is 11.6 Å². The Morgan fingerprint density at radius 3 is 2.54 bits per heavy atom. The minimum atomic E-state index is -0.359. The van der Waals surface area contributed by atoms with Gasteiger partial charge in [0.15, 0.2) is 0 Å². The maximum atomic E-state index is 12.9. The summed E-state index contributed by atoms with van der Waals surface area (Å²) in [4.78, 5) is 12.3. The van der Waals surface area contributed by atoms with Crippen LogP contribution in [-0.4, -0.2) is 16.1 Å². The monoisotopic (exact) mass is 323 g/mol. The van der Waals surface area contributed by atoms with E-state index in [2.05, 4.69) is 15.5 Å². The zero-order valence-electron chi connectivity index (χ0n) is 12.9. The Kier molecular flexibility index (Phi) is 4.47. The van der Waals surface area contributed by atoms with Gasteiger partial charge in [-0.05, 0) is 55.5 Å². The number of aryl methyl sites for hydroxylation is 1. The van der Waals surface area contributed by atoms with Gasteiger partial charge in [-0.25, -0.2) is 4.39 Å². The van der Waals surface area contributed by atoms with Crippen LogP contribution in [0.25, 0.3) is 0 Å². The van der Waals surface area contributed by atoms with Crippen molar-refractivity contribution >= 4 is 11.6 Å². The molecular formula is C18H14FN3O2. The molecule has 0 saturated heterocycles. The number of anilines is 1. The smallest absolute Gasteiger partial charge is 0.255 e. The van der Waals surface area contributed by atoms with E-state index in [9.17, 15) is 9.18 Å². The van der Waals surface area contributed by atoms with Gasteiger partial charge in [-0.3, -0.25) is 4.79 Å². The average Bonchev–Trinajstić information content (AvgIpc) is 2.59. The van der Waals surface area contributed by atoms with Crippen LogP contribution in [0.1, 0.15) is 16.1 Å². The highest BCUT2D eigenvalue weighted by molar-refractivity contribution is 6.04. The van der Waals surface area contributed by atoms with E-state index in [1.165, 1.54) is 24.3 Å². The molecule has 0 bridgehead atoms. The molecule has 2 aromatic carbocycles. The van der Waals surface area contributed by atoms with Gasteiger partial charge >= 0.3 is 0 Å². The molecule has 24 heavy (non-hydrogen) atoms. The predicted octanol–water partition coefficient (Wildman–Crippen LogP) is 3.97. The predicted molar refractivity (Wildman–Crippen MR) is 87.6 cm³/mol. The molecule has 0 fully saturated rings. The summed E-state index contributed by atoms with van der Waals surface area (Å²) in [5.74, 6) is 0.140. The van der Waals surface area contributed by atoms with E-state index in [0.29, 0.717) is 22.9 Å². The Morgan fingerprint density at radius 1 is 1.04 bits per heavy atom. The van der Waals surface area contributed by atoms with Crippen molar-refractivity contribution in [2.75, 3.05) is 5.32 Å². The number of hydrogen-bond donors (Lipinski definition) is 1. The molecule has 5 nitrogen and oxygen atoms in total.